The second-order valence-electron chi connectivity index (χ2n) is 7.49. The van der Waals surface area contributed by atoms with Crippen molar-refractivity contribution in [3.63, 3.8) is 0 Å². The Bertz CT molecular complexity index is 1240. The average molecular weight is 481 g/mol. The van der Waals surface area contributed by atoms with Crippen molar-refractivity contribution in [3.05, 3.63) is 98.9 Å². The molecule has 1 N–H and O–H groups in total. The van der Waals surface area contributed by atoms with E-state index in [2.05, 4.69) is 34.2 Å². The van der Waals surface area contributed by atoms with Crippen LogP contribution in [0.25, 0.3) is 10.9 Å². The molecule has 1 aromatic heterocycles. The first-order valence-corrected chi connectivity index (χ1v) is 11.6. The number of fused-ring (bicyclic) bond motifs is 1. The molecule has 4 nitrogen and oxygen atoms in total. The first-order chi connectivity index (χ1) is 14.4. The molecule has 1 aliphatic heterocycles. The summed E-state index contributed by atoms with van der Waals surface area (Å²) >= 11 is 5.11. The van der Waals surface area contributed by atoms with Crippen molar-refractivity contribution in [1.29, 1.82) is 0 Å². The summed E-state index contributed by atoms with van der Waals surface area (Å²) in [6.07, 6.45) is 9.69. The summed E-state index contributed by atoms with van der Waals surface area (Å²) in [5.41, 5.74) is 0.895. The number of nitrogens with zero attached hydrogens (tertiary/aromatic N) is 1. The van der Waals surface area contributed by atoms with Gasteiger partial charge in [0, 0.05) is 28.6 Å². The number of ketones is 1. The van der Waals surface area contributed by atoms with Crippen molar-refractivity contribution in [2.24, 2.45) is 0 Å². The van der Waals surface area contributed by atoms with Gasteiger partial charge in [0.2, 0.25) is 5.43 Å². The number of thioether (sulfide) groups is 1. The zero-order chi connectivity index (χ0) is 21.3. The Morgan fingerprint density at radius 2 is 1.90 bits per heavy atom. The van der Waals surface area contributed by atoms with Gasteiger partial charge in [-0.25, -0.2) is 0 Å². The van der Waals surface area contributed by atoms with Crippen LogP contribution in [0.4, 0.5) is 0 Å². The maximum absolute atomic E-state index is 13.2. The number of nitrogens with one attached hydrogen (secondary N) is 1. The number of para-hydroxylation sites is 1. The molecule has 30 heavy (non-hydrogen) atoms. The molecule has 4 rings (SSSR count). The number of hydrogen-bond donors (Lipinski definition) is 1. The van der Waals surface area contributed by atoms with Crippen molar-refractivity contribution >= 4 is 44.4 Å². The quantitative estimate of drug-likeness (QED) is 0.313. The molecule has 3 aromatic rings. The van der Waals surface area contributed by atoms with E-state index in [1.165, 1.54) is 0 Å². The van der Waals surface area contributed by atoms with Crippen LogP contribution in [0, 0.1) is 0 Å². The van der Waals surface area contributed by atoms with Gasteiger partial charge in [-0.15, -0.1) is 11.8 Å². The Hall–Kier alpha value is -2.57. The van der Waals surface area contributed by atoms with Crippen LogP contribution in [-0.4, -0.2) is 22.1 Å². The summed E-state index contributed by atoms with van der Waals surface area (Å²) in [5, 5.41) is 3.96. The molecule has 0 aliphatic carbocycles. The van der Waals surface area contributed by atoms with E-state index < -0.39 is 0 Å². The first-order valence-electron chi connectivity index (χ1n) is 9.54. The Labute approximate surface area is 187 Å². The Morgan fingerprint density at radius 3 is 2.60 bits per heavy atom. The lowest BCUT2D eigenvalue weighted by Gasteiger charge is -2.32. The minimum Gasteiger partial charge on any atom is -0.369 e. The van der Waals surface area contributed by atoms with E-state index >= 15 is 0 Å². The van der Waals surface area contributed by atoms with Gasteiger partial charge in [-0.2, -0.15) is 0 Å². The van der Waals surface area contributed by atoms with E-state index in [9.17, 15) is 9.59 Å². The minimum atomic E-state index is -0.369. The fourth-order valence-electron chi connectivity index (χ4n) is 3.68. The maximum atomic E-state index is 13.2. The van der Waals surface area contributed by atoms with Gasteiger partial charge in [0.25, 0.3) is 0 Å². The number of benzene rings is 2. The SMILES string of the molecule is CSc1ccc(C(=O)c2cn(CC3(C)C=CC=C(Br)N3)c3ccccc3c2=O)cc1. The second kappa shape index (κ2) is 8.28. The summed E-state index contributed by atoms with van der Waals surface area (Å²) < 4.78 is 2.88. The lowest BCUT2D eigenvalue weighted by Crippen LogP contribution is -2.44. The molecular formula is C24H21BrN2O2S. The highest BCUT2D eigenvalue weighted by Crippen LogP contribution is 2.23. The molecular weight excluding hydrogens is 460 g/mol. The summed E-state index contributed by atoms with van der Waals surface area (Å²) in [6, 6.07) is 14.8. The van der Waals surface area contributed by atoms with Crippen LogP contribution in [0.3, 0.4) is 0 Å². The van der Waals surface area contributed by atoms with E-state index in [1.54, 1.807) is 36.2 Å². The number of carbonyl (C=O) groups is 1. The van der Waals surface area contributed by atoms with Gasteiger partial charge < -0.3 is 9.88 Å². The van der Waals surface area contributed by atoms with Gasteiger partial charge in [0.1, 0.15) is 0 Å². The third-order valence-electron chi connectivity index (χ3n) is 5.19. The molecule has 0 radical (unpaired) electrons. The molecule has 0 amide bonds. The summed E-state index contributed by atoms with van der Waals surface area (Å²) in [7, 11) is 0. The number of hydrogen-bond acceptors (Lipinski definition) is 4. The van der Waals surface area contributed by atoms with Crippen molar-refractivity contribution in [3.8, 4) is 0 Å². The highest BCUT2D eigenvalue weighted by molar-refractivity contribution is 9.11. The Morgan fingerprint density at radius 1 is 1.17 bits per heavy atom. The van der Waals surface area contributed by atoms with Crippen molar-refractivity contribution in [1.82, 2.24) is 9.88 Å². The number of dihydropyridines is 1. The normalized spacial score (nSPS) is 18.2. The monoisotopic (exact) mass is 480 g/mol. The molecule has 2 heterocycles. The first kappa shape index (κ1) is 20.7. The van der Waals surface area contributed by atoms with Crippen molar-refractivity contribution < 1.29 is 4.79 Å². The molecule has 0 bridgehead atoms. The number of halogens is 1. The molecule has 1 unspecified atom stereocenters. The lowest BCUT2D eigenvalue weighted by atomic mass is 9.98. The van der Waals surface area contributed by atoms with Crippen LogP contribution < -0.4 is 10.7 Å². The lowest BCUT2D eigenvalue weighted by molar-refractivity contribution is 0.103. The Kier molecular flexibility index (Phi) is 5.71. The highest BCUT2D eigenvalue weighted by Gasteiger charge is 2.25. The zero-order valence-corrected chi connectivity index (χ0v) is 19.1. The Balaban J connectivity index is 1.82. The summed E-state index contributed by atoms with van der Waals surface area (Å²) in [6.45, 7) is 2.63. The number of allylic oxidation sites excluding steroid dienone is 2. The maximum Gasteiger partial charge on any atom is 0.200 e. The molecule has 0 saturated carbocycles. The van der Waals surface area contributed by atoms with Crippen LogP contribution in [-0.2, 0) is 6.54 Å². The summed E-state index contributed by atoms with van der Waals surface area (Å²) in [4.78, 5) is 27.5. The van der Waals surface area contributed by atoms with Gasteiger partial charge in [-0.1, -0.05) is 24.3 Å². The van der Waals surface area contributed by atoms with Gasteiger partial charge in [0.15, 0.2) is 5.78 Å². The number of pyridine rings is 1. The summed E-state index contributed by atoms with van der Waals surface area (Å²) in [5.74, 6) is -0.259. The fourth-order valence-corrected chi connectivity index (χ4v) is 4.70. The van der Waals surface area contributed by atoms with Crippen LogP contribution in [0.1, 0.15) is 22.8 Å². The third-order valence-corrected chi connectivity index (χ3v) is 6.40. The second-order valence-corrected chi connectivity index (χ2v) is 9.22. The molecule has 152 valence electrons. The standard InChI is InChI=1S/C24H21BrN2O2S/c1-24(13-5-8-21(25)26-24)15-27-14-19(23(29)18-6-3-4-7-20(18)27)22(28)16-9-11-17(30-2)12-10-16/h3-14,26H,15H2,1-2H3. The average Bonchev–Trinajstić information content (AvgIpc) is 2.75. The van der Waals surface area contributed by atoms with E-state index in [0.717, 1.165) is 15.0 Å². The fraction of sp³-hybridized carbons (Fsp3) is 0.167. The predicted molar refractivity (Wildman–Crippen MR) is 128 cm³/mol. The van der Waals surface area contributed by atoms with Crippen LogP contribution >= 0.6 is 27.7 Å². The number of aromatic nitrogens is 1. The van der Waals surface area contributed by atoms with Gasteiger partial charge >= 0.3 is 0 Å². The molecule has 1 atom stereocenters. The zero-order valence-electron chi connectivity index (χ0n) is 16.7. The van der Waals surface area contributed by atoms with Gasteiger partial charge in [-0.3, -0.25) is 9.59 Å². The van der Waals surface area contributed by atoms with E-state index in [1.807, 2.05) is 53.3 Å². The highest BCUT2D eigenvalue weighted by atomic mass is 79.9. The molecule has 0 fully saturated rings. The van der Waals surface area contributed by atoms with Crippen LogP contribution in [0.15, 0.2) is 87.3 Å². The molecule has 0 saturated heterocycles. The molecule has 1 aliphatic rings. The van der Waals surface area contributed by atoms with Gasteiger partial charge in [0.05, 0.1) is 21.2 Å². The minimum absolute atomic E-state index is 0.184. The third kappa shape index (κ3) is 4.02. The predicted octanol–water partition coefficient (Wildman–Crippen LogP) is 5.11. The van der Waals surface area contributed by atoms with E-state index in [-0.39, 0.29) is 22.3 Å². The molecule has 2 aromatic carbocycles. The smallest absolute Gasteiger partial charge is 0.200 e. The van der Waals surface area contributed by atoms with E-state index in [4.69, 9.17) is 0 Å². The van der Waals surface area contributed by atoms with Crippen LogP contribution in [0.2, 0.25) is 0 Å². The van der Waals surface area contributed by atoms with Crippen molar-refractivity contribution in [2.75, 3.05) is 6.26 Å². The topological polar surface area (TPSA) is 51.1 Å². The number of carbonyl (C=O) groups excluding carboxylic acids is 1. The number of rotatable bonds is 5. The van der Waals surface area contributed by atoms with E-state index in [0.29, 0.717) is 17.5 Å². The largest absolute Gasteiger partial charge is 0.369 e. The van der Waals surface area contributed by atoms with Crippen molar-refractivity contribution in [2.45, 2.75) is 23.9 Å². The molecule has 0 spiro atoms. The van der Waals surface area contributed by atoms with Gasteiger partial charge in [-0.05, 0) is 71.6 Å². The molecule has 6 heteroatoms. The van der Waals surface area contributed by atoms with Crippen LogP contribution in [0.5, 0.6) is 0 Å².